The van der Waals surface area contributed by atoms with Crippen LogP contribution in [0.15, 0.2) is 80.1 Å². The van der Waals surface area contributed by atoms with Gasteiger partial charge in [0.15, 0.2) is 0 Å². The highest BCUT2D eigenvalue weighted by Crippen LogP contribution is 2.52. The maximum Gasteiger partial charge on any atom is 0.472 e. The van der Waals surface area contributed by atoms with Crippen LogP contribution in [0, 0.1) is 37.5 Å². The van der Waals surface area contributed by atoms with Gasteiger partial charge >= 0.3 is 27.0 Å². The van der Waals surface area contributed by atoms with E-state index in [1.54, 1.807) is 4.90 Å². The van der Waals surface area contributed by atoms with Crippen LogP contribution >= 0.6 is 15.6 Å². The van der Waals surface area contributed by atoms with E-state index in [2.05, 4.69) is 21.8 Å². The number of ketones is 1. The van der Waals surface area contributed by atoms with E-state index >= 15 is 0 Å². The Morgan fingerprint density at radius 3 is 1.99 bits per heavy atom. The number of rotatable bonds is 23. The fourth-order valence-electron chi connectivity index (χ4n) is 9.15. The quantitative estimate of drug-likeness (QED) is 0.0389. The third kappa shape index (κ3) is 14.4. The molecule has 0 bridgehead atoms. The molecule has 4 unspecified atom stereocenters. The standard InChI is InChI=1S/C48H59N5O16P2/c1-31-26-51(47(59)49-45(31)57)38-22-36(42(55)24-38)29-68-71(63,64)69-43-25-39(52-27-32(2)46(58)50-48(52)60)23-37(43)30-67-70(61,62)66-21-20-65-19-9-14-40(54)13-6-8-16-44(56)53-28-35-12-4-3-10-33(35)17-18-34-11-5-7-15-41(34)53/h3-5,7,10-12,15,26-27,36-39,42-43,55H,6,8-9,13-14,16,19-25,28-30H2,1-2H3,(H,61,62)(H,63,64)(H,49,57,59)(H,50,58,60)/t36-,37-,38-,39-,42?,43?/m1/s1. The molecule has 5 N–H and O–H groups in total. The summed E-state index contributed by atoms with van der Waals surface area (Å²) in [5, 5.41) is 10.7. The van der Waals surface area contributed by atoms with Crippen LogP contribution in [0.25, 0.3) is 0 Å². The molecular formula is C48H59N5O16P2. The van der Waals surface area contributed by atoms with E-state index < -0.39 is 87.5 Å². The van der Waals surface area contributed by atoms with Gasteiger partial charge in [0, 0.05) is 84.4 Å². The predicted octanol–water partition coefficient (Wildman–Crippen LogP) is 4.48. The van der Waals surface area contributed by atoms with Crippen LogP contribution in [0.1, 0.15) is 104 Å². The minimum absolute atomic E-state index is 0.0200. The molecule has 0 saturated heterocycles. The van der Waals surface area contributed by atoms with Crippen molar-refractivity contribution in [3.63, 3.8) is 0 Å². The fraction of sp³-hybridized carbons (Fsp3) is 0.500. The number of aromatic nitrogens is 4. The first kappa shape index (κ1) is 53.4. The van der Waals surface area contributed by atoms with Gasteiger partial charge in [0.2, 0.25) is 5.91 Å². The van der Waals surface area contributed by atoms with E-state index in [1.165, 1.54) is 35.4 Å². The van der Waals surface area contributed by atoms with Gasteiger partial charge in [0.1, 0.15) is 5.78 Å². The van der Waals surface area contributed by atoms with Gasteiger partial charge in [-0.05, 0) is 82.6 Å². The first-order chi connectivity index (χ1) is 33.9. The Kier molecular flexibility index (Phi) is 18.0. The lowest BCUT2D eigenvalue weighted by Gasteiger charge is -2.26. The number of nitrogens with zero attached hydrogens (tertiary/aromatic N) is 3. The van der Waals surface area contributed by atoms with Crippen LogP contribution in [0.2, 0.25) is 0 Å². The number of para-hydroxylation sites is 1. The molecule has 2 aromatic carbocycles. The molecule has 21 nitrogen and oxygen atoms in total. The zero-order chi connectivity index (χ0) is 50.9. The number of phosphoric ester groups is 2. The summed E-state index contributed by atoms with van der Waals surface area (Å²) in [6.45, 7) is 2.19. The number of carbonyl (C=O) groups is 2. The van der Waals surface area contributed by atoms with Crippen molar-refractivity contribution >= 4 is 33.0 Å². The van der Waals surface area contributed by atoms with Crippen molar-refractivity contribution in [2.45, 2.75) is 109 Å². The third-order valence-corrected chi connectivity index (χ3v) is 15.0. The third-order valence-electron chi connectivity index (χ3n) is 13.0. The van der Waals surface area contributed by atoms with Crippen molar-refractivity contribution in [1.82, 2.24) is 19.1 Å². The Morgan fingerprint density at radius 2 is 1.27 bits per heavy atom. The van der Waals surface area contributed by atoms with Crippen molar-refractivity contribution in [1.29, 1.82) is 0 Å². The Morgan fingerprint density at radius 1 is 0.690 bits per heavy atom. The number of aliphatic hydroxyl groups excluding tert-OH is 1. The van der Waals surface area contributed by atoms with E-state index in [1.807, 2.05) is 48.5 Å². The van der Waals surface area contributed by atoms with Gasteiger partial charge in [-0.2, -0.15) is 0 Å². The lowest BCUT2D eigenvalue weighted by Crippen LogP contribution is -2.32. The highest BCUT2D eigenvalue weighted by atomic mass is 31.2. The Balaban J connectivity index is 0.825. The molecule has 2 aromatic heterocycles. The Labute approximate surface area is 408 Å². The number of Topliss-reactive ketones (excluding diaryl/α,β-unsaturated/α-hetero) is 1. The van der Waals surface area contributed by atoms with Crippen LogP contribution in [-0.4, -0.2) is 90.9 Å². The SMILES string of the molecule is Cc1cn([C@H]2CC(O)[C@@H](COP(=O)(O)OC3C[C@H](n4cc(C)c(=O)[nH]c4=O)C[C@@H]3COP(=O)(O)OCCOCCCC(=O)CCCCC(=O)N3Cc4ccccc4C#Cc4ccccc43)C2)c(=O)[nH]c1=O. The van der Waals surface area contributed by atoms with Crippen LogP contribution in [0.3, 0.4) is 0 Å². The molecule has 2 fully saturated rings. The Bertz CT molecular complexity index is 2980. The topological polar surface area (TPSA) is 288 Å². The smallest absolute Gasteiger partial charge is 0.393 e. The molecule has 2 saturated carbocycles. The number of aliphatic hydroxyl groups is 1. The number of aryl methyl sites for hydroxylation is 2. The van der Waals surface area contributed by atoms with Crippen molar-refractivity contribution < 1.29 is 56.4 Å². The van der Waals surface area contributed by atoms with Gasteiger partial charge in [-0.3, -0.25) is 56.4 Å². The molecule has 7 rings (SSSR count). The number of fused-ring (bicyclic) bond motifs is 2. The summed E-state index contributed by atoms with van der Waals surface area (Å²) in [5.74, 6) is 4.81. The van der Waals surface area contributed by atoms with Crippen molar-refractivity contribution in [3.05, 3.63) is 130 Å². The number of nitrogens with one attached hydrogen (secondary N) is 2. The number of anilines is 1. The number of benzene rings is 2. The highest BCUT2D eigenvalue weighted by molar-refractivity contribution is 7.47. The van der Waals surface area contributed by atoms with Gasteiger partial charge in [0.25, 0.3) is 11.1 Å². The van der Waals surface area contributed by atoms with E-state index in [0.29, 0.717) is 37.8 Å². The number of H-pyrrole nitrogens is 2. The van der Waals surface area contributed by atoms with Crippen LogP contribution in [0.4, 0.5) is 5.69 Å². The second-order valence-corrected chi connectivity index (χ2v) is 21.0. The van der Waals surface area contributed by atoms with Crippen LogP contribution in [0.5, 0.6) is 0 Å². The monoisotopic (exact) mass is 1020 g/mol. The average molecular weight is 1020 g/mol. The Hall–Kier alpha value is -5.36. The molecule has 2 aliphatic carbocycles. The average Bonchev–Trinajstić information content (AvgIpc) is 3.90. The number of amides is 1. The molecule has 23 heteroatoms. The highest BCUT2D eigenvalue weighted by Gasteiger charge is 2.43. The summed E-state index contributed by atoms with van der Waals surface area (Å²) in [4.78, 5) is 103. The summed E-state index contributed by atoms with van der Waals surface area (Å²) in [7, 11) is -9.63. The van der Waals surface area contributed by atoms with Gasteiger partial charge < -0.3 is 24.5 Å². The number of aromatic amines is 2. The van der Waals surface area contributed by atoms with Crippen LogP contribution < -0.4 is 27.4 Å². The zero-order valence-electron chi connectivity index (χ0n) is 39.4. The second-order valence-electron chi connectivity index (χ2n) is 18.2. The maximum atomic E-state index is 13.5. The minimum Gasteiger partial charge on any atom is -0.393 e. The zero-order valence-corrected chi connectivity index (χ0v) is 41.2. The molecule has 1 aliphatic heterocycles. The van der Waals surface area contributed by atoms with Gasteiger partial charge in [-0.15, -0.1) is 0 Å². The molecule has 1 amide bonds. The van der Waals surface area contributed by atoms with Gasteiger partial charge in [0.05, 0.1) is 50.9 Å². The van der Waals surface area contributed by atoms with Gasteiger partial charge in [-0.1, -0.05) is 42.2 Å². The minimum atomic E-state index is -4.90. The lowest BCUT2D eigenvalue weighted by atomic mass is 10.0. The summed E-state index contributed by atoms with van der Waals surface area (Å²) in [6.07, 6.45) is 3.10. The molecular weight excluding hydrogens is 964 g/mol. The largest absolute Gasteiger partial charge is 0.472 e. The molecule has 4 aromatic rings. The van der Waals surface area contributed by atoms with E-state index in [-0.39, 0.29) is 75.6 Å². The van der Waals surface area contributed by atoms with Crippen molar-refractivity contribution in [3.8, 4) is 11.8 Å². The first-order valence-electron chi connectivity index (χ1n) is 23.5. The maximum absolute atomic E-state index is 13.5. The molecule has 8 atom stereocenters. The second kappa shape index (κ2) is 23.9. The number of ether oxygens (including phenoxy) is 1. The molecule has 0 spiro atoms. The van der Waals surface area contributed by atoms with Crippen molar-refractivity contribution in [2.75, 3.05) is 37.9 Å². The molecule has 3 heterocycles. The summed E-state index contributed by atoms with van der Waals surface area (Å²) in [6, 6.07) is 14.1. The number of phosphoric acid groups is 2. The number of carbonyl (C=O) groups excluding carboxylic acids is 2. The van der Waals surface area contributed by atoms with E-state index in [9.17, 15) is 52.8 Å². The lowest BCUT2D eigenvalue weighted by molar-refractivity contribution is -0.121. The summed E-state index contributed by atoms with van der Waals surface area (Å²) >= 11 is 0. The number of hydrogen-bond donors (Lipinski definition) is 5. The molecule has 0 radical (unpaired) electrons. The van der Waals surface area contributed by atoms with E-state index in [4.69, 9.17) is 22.8 Å². The first-order valence-corrected chi connectivity index (χ1v) is 26.5. The molecule has 3 aliphatic rings. The number of unbranched alkanes of at least 4 members (excludes halogenated alkanes) is 1. The molecule has 71 heavy (non-hydrogen) atoms. The number of hydrogen-bond acceptors (Lipinski definition) is 14. The van der Waals surface area contributed by atoms with E-state index in [0.717, 1.165) is 22.4 Å². The van der Waals surface area contributed by atoms with Gasteiger partial charge in [-0.25, -0.2) is 18.7 Å². The predicted molar refractivity (Wildman–Crippen MR) is 258 cm³/mol. The summed E-state index contributed by atoms with van der Waals surface area (Å²) in [5.41, 5.74) is 1.36. The molecule has 382 valence electrons. The summed E-state index contributed by atoms with van der Waals surface area (Å²) < 4.78 is 55.6. The normalized spacial score (nSPS) is 22.3. The van der Waals surface area contributed by atoms with Crippen LogP contribution in [-0.2, 0) is 48.1 Å². The fourth-order valence-corrected chi connectivity index (χ4v) is 11.0. The van der Waals surface area contributed by atoms with Crippen molar-refractivity contribution in [2.24, 2.45) is 11.8 Å².